The molecule has 2 aliphatic rings. The van der Waals surface area contributed by atoms with E-state index in [1.807, 2.05) is 11.9 Å². The minimum atomic E-state index is 0.712. The van der Waals surface area contributed by atoms with Crippen LogP contribution in [0.2, 0.25) is 0 Å². The van der Waals surface area contributed by atoms with Crippen molar-refractivity contribution in [1.29, 1.82) is 5.41 Å². The van der Waals surface area contributed by atoms with Gasteiger partial charge in [-0.3, -0.25) is 5.41 Å². The summed E-state index contributed by atoms with van der Waals surface area (Å²) in [6, 6.07) is 0. The number of hydrogen-bond donors (Lipinski definition) is 2. The number of nitrogens with one attached hydrogen (secondary N) is 2. The van der Waals surface area contributed by atoms with Crippen molar-refractivity contribution in [2.75, 3.05) is 39.8 Å². The minimum absolute atomic E-state index is 0.712. The third-order valence-electron chi connectivity index (χ3n) is 3.63. The van der Waals surface area contributed by atoms with Crippen LogP contribution in [-0.2, 0) is 0 Å². The Morgan fingerprint density at radius 2 is 2.07 bits per heavy atom. The number of nitrogens with zero attached hydrogens (tertiary/aromatic N) is 2. The molecule has 0 saturated carbocycles. The van der Waals surface area contributed by atoms with Crippen molar-refractivity contribution in [1.82, 2.24) is 15.1 Å². The average molecular weight is 210 g/mol. The van der Waals surface area contributed by atoms with Crippen LogP contribution in [-0.4, -0.2) is 55.5 Å². The van der Waals surface area contributed by atoms with Crippen molar-refractivity contribution in [2.24, 2.45) is 5.92 Å². The Hall–Kier alpha value is -0.770. The van der Waals surface area contributed by atoms with Gasteiger partial charge in [-0.25, -0.2) is 0 Å². The fourth-order valence-electron chi connectivity index (χ4n) is 2.45. The summed E-state index contributed by atoms with van der Waals surface area (Å²) in [5.74, 6) is 1.59. The van der Waals surface area contributed by atoms with Gasteiger partial charge in [-0.1, -0.05) is 0 Å². The topological polar surface area (TPSA) is 42.4 Å². The van der Waals surface area contributed by atoms with Crippen LogP contribution in [0.25, 0.3) is 0 Å². The van der Waals surface area contributed by atoms with E-state index < -0.39 is 0 Å². The van der Waals surface area contributed by atoms with E-state index in [0.29, 0.717) is 5.96 Å². The van der Waals surface area contributed by atoms with Gasteiger partial charge in [0.2, 0.25) is 0 Å². The molecule has 2 rings (SSSR count). The lowest BCUT2D eigenvalue weighted by molar-refractivity contribution is 0.316. The highest BCUT2D eigenvalue weighted by molar-refractivity contribution is 5.78. The zero-order valence-electron chi connectivity index (χ0n) is 9.63. The third-order valence-corrected chi connectivity index (χ3v) is 3.63. The summed E-state index contributed by atoms with van der Waals surface area (Å²) >= 11 is 0. The van der Waals surface area contributed by atoms with E-state index in [4.69, 9.17) is 5.41 Å². The van der Waals surface area contributed by atoms with Crippen LogP contribution >= 0.6 is 0 Å². The van der Waals surface area contributed by atoms with Crippen LogP contribution in [0.5, 0.6) is 0 Å². The standard InChI is InChI=1S/C11H22N4/c1-14-8-9-15(11(14)12)7-4-10-2-5-13-6-3-10/h10,12-13H,2-9H2,1H3. The molecule has 0 aromatic rings. The zero-order valence-corrected chi connectivity index (χ0v) is 9.63. The molecule has 0 atom stereocenters. The Balaban J connectivity index is 1.71. The van der Waals surface area contributed by atoms with Crippen LogP contribution in [0.15, 0.2) is 0 Å². The van der Waals surface area contributed by atoms with Crippen LogP contribution in [0.3, 0.4) is 0 Å². The molecule has 0 spiro atoms. The molecule has 0 unspecified atom stereocenters. The van der Waals surface area contributed by atoms with Gasteiger partial charge < -0.3 is 15.1 Å². The largest absolute Gasteiger partial charge is 0.344 e. The maximum absolute atomic E-state index is 7.87. The lowest BCUT2D eigenvalue weighted by Crippen LogP contribution is -2.34. The SMILES string of the molecule is CN1CCN(CCC2CCNCC2)C1=N. The monoisotopic (exact) mass is 210 g/mol. The van der Waals surface area contributed by atoms with Gasteiger partial charge in [-0.05, 0) is 38.3 Å². The van der Waals surface area contributed by atoms with Crippen molar-refractivity contribution < 1.29 is 0 Å². The lowest BCUT2D eigenvalue weighted by Gasteiger charge is -2.25. The molecule has 0 radical (unpaired) electrons. The van der Waals surface area contributed by atoms with Gasteiger partial charge in [0.1, 0.15) is 0 Å². The zero-order chi connectivity index (χ0) is 10.7. The molecular formula is C11H22N4. The van der Waals surface area contributed by atoms with E-state index in [1.165, 1.54) is 32.4 Å². The van der Waals surface area contributed by atoms with Gasteiger partial charge >= 0.3 is 0 Å². The summed E-state index contributed by atoms with van der Waals surface area (Å²) in [7, 11) is 2.01. The second-order valence-corrected chi connectivity index (χ2v) is 4.71. The highest BCUT2D eigenvalue weighted by Crippen LogP contribution is 2.17. The highest BCUT2D eigenvalue weighted by Gasteiger charge is 2.22. The molecule has 0 aliphatic carbocycles. The van der Waals surface area contributed by atoms with Gasteiger partial charge in [0.05, 0.1) is 0 Å². The van der Waals surface area contributed by atoms with Crippen LogP contribution in [0, 0.1) is 11.3 Å². The van der Waals surface area contributed by atoms with Crippen molar-refractivity contribution in [2.45, 2.75) is 19.3 Å². The molecule has 4 heteroatoms. The van der Waals surface area contributed by atoms with Crippen LogP contribution in [0.1, 0.15) is 19.3 Å². The predicted octanol–water partition coefficient (Wildman–Crippen LogP) is 0.558. The molecule has 2 aliphatic heterocycles. The van der Waals surface area contributed by atoms with Gasteiger partial charge in [0.15, 0.2) is 5.96 Å². The summed E-state index contributed by atoms with van der Waals surface area (Å²) in [5.41, 5.74) is 0. The van der Waals surface area contributed by atoms with E-state index in [1.54, 1.807) is 0 Å². The second kappa shape index (κ2) is 4.84. The summed E-state index contributed by atoms with van der Waals surface area (Å²) in [5, 5.41) is 11.3. The number of piperidine rings is 1. The molecule has 4 nitrogen and oxygen atoms in total. The summed E-state index contributed by atoms with van der Waals surface area (Å²) in [6.45, 7) is 5.50. The van der Waals surface area contributed by atoms with E-state index in [9.17, 15) is 0 Å². The summed E-state index contributed by atoms with van der Waals surface area (Å²) < 4.78 is 0. The Bertz CT molecular complexity index is 223. The van der Waals surface area contributed by atoms with Gasteiger partial charge in [-0.15, -0.1) is 0 Å². The van der Waals surface area contributed by atoms with E-state index in [2.05, 4.69) is 10.2 Å². The Labute approximate surface area is 92.1 Å². The third kappa shape index (κ3) is 2.62. The molecule has 0 bridgehead atoms. The van der Waals surface area contributed by atoms with Crippen LogP contribution < -0.4 is 5.32 Å². The van der Waals surface area contributed by atoms with Crippen LogP contribution in [0.4, 0.5) is 0 Å². The maximum atomic E-state index is 7.87. The Morgan fingerprint density at radius 1 is 1.33 bits per heavy atom. The molecule has 2 heterocycles. The molecular weight excluding hydrogens is 188 g/mol. The van der Waals surface area contributed by atoms with Gasteiger partial charge in [0.25, 0.3) is 0 Å². The molecule has 0 aromatic carbocycles. The molecule has 0 aromatic heterocycles. The number of guanidine groups is 1. The first-order valence-corrected chi connectivity index (χ1v) is 6.02. The second-order valence-electron chi connectivity index (χ2n) is 4.71. The first-order chi connectivity index (χ1) is 7.27. The average Bonchev–Trinajstić information content (AvgIpc) is 2.59. The lowest BCUT2D eigenvalue weighted by atomic mass is 9.94. The first kappa shape index (κ1) is 10.7. The summed E-state index contributed by atoms with van der Waals surface area (Å²) in [4.78, 5) is 4.24. The summed E-state index contributed by atoms with van der Waals surface area (Å²) in [6.07, 6.45) is 3.89. The van der Waals surface area contributed by atoms with E-state index in [-0.39, 0.29) is 0 Å². The number of hydrogen-bond acceptors (Lipinski definition) is 2. The minimum Gasteiger partial charge on any atom is -0.344 e. The molecule has 15 heavy (non-hydrogen) atoms. The predicted molar refractivity (Wildman–Crippen MR) is 62.1 cm³/mol. The quantitative estimate of drug-likeness (QED) is 0.715. The highest BCUT2D eigenvalue weighted by atomic mass is 15.4. The molecule has 0 amide bonds. The Morgan fingerprint density at radius 3 is 2.67 bits per heavy atom. The van der Waals surface area contributed by atoms with Gasteiger partial charge in [0, 0.05) is 26.7 Å². The van der Waals surface area contributed by atoms with Crippen molar-refractivity contribution in [3.63, 3.8) is 0 Å². The molecule has 2 fully saturated rings. The molecule has 2 saturated heterocycles. The van der Waals surface area contributed by atoms with Gasteiger partial charge in [-0.2, -0.15) is 0 Å². The van der Waals surface area contributed by atoms with Crippen molar-refractivity contribution in [3.05, 3.63) is 0 Å². The van der Waals surface area contributed by atoms with Crippen molar-refractivity contribution >= 4 is 5.96 Å². The molecule has 2 N–H and O–H groups in total. The normalized spacial score (nSPS) is 23.9. The smallest absolute Gasteiger partial charge is 0.193 e. The Kier molecular flexibility index (Phi) is 3.46. The van der Waals surface area contributed by atoms with E-state index >= 15 is 0 Å². The molecule has 86 valence electrons. The fourth-order valence-corrected chi connectivity index (χ4v) is 2.45. The maximum Gasteiger partial charge on any atom is 0.193 e. The van der Waals surface area contributed by atoms with Crippen molar-refractivity contribution in [3.8, 4) is 0 Å². The number of rotatable bonds is 3. The fraction of sp³-hybridized carbons (Fsp3) is 0.909. The van der Waals surface area contributed by atoms with E-state index in [0.717, 1.165) is 25.6 Å². The first-order valence-electron chi connectivity index (χ1n) is 6.02. The number of likely N-dealkylation sites (N-methyl/N-ethyl adjacent to an activating group) is 1.